The van der Waals surface area contributed by atoms with Crippen molar-refractivity contribution in [2.24, 2.45) is 10.9 Å². The highest BCUT2D eigenvalue weighted by molar-refractivity contribution is 7.99. The molecule has 122 valence electrons. The Hall–Kier alpha value is -1.16. The molecule has 0 aromatic heterocycles. The number of hydrogen-bond donors (Lipinski definition) is 2. The highest BCUT2D eigenvalue weighted by atomic mass is 32.2. The van der Waals surface area contributed by atoms with E-state index in [9.17, 15) is 0 Å². The molecule has 1 saturated carbocycles. The Kier molecular flexibility index (Phi) is 6.18. The molecule has 1 aromatic rings. The average Bonchev–Trinajstić information content (AvgIpc) is 3.31. The first-order valence-corrected chi connectivity index (χ1v) is 9.40. The van der Waals surface area contributed by atoms with Crippen molar-refractivity contribution in [3.63, 3.8) is 0 Å². The van der Waals surface area contributed by atoms with Crippen molar-refractivity contribution in [2.45, 2.75) is 37.9 Å². The fourth-order valence-electron chi connectivity index (χ4n) is 2.49. The van der Waals surface area contributed by atoms with Gasteiger partial charge in [-0.15, -0.1) is 0 Å². The van der Waals surface area contributed by atoms with E-state index in [-0.39, 0.29) is 4.75 Å². The second-order valence-electron chi connectivity index (χ2n) is 6.55. The molecule has 0 heterocycles. The zero-order chi connectivity index (χ0) is 16.0. The summed E-state index contributed by atoms with van der Waals surface area (Å²) in [6.45, 7) is 9.31. The fourth-order valence-corrected chi connectivity index (χ4v) is 2.68. The van der Waals surface area contributed by atoms with E-state index in [0.29, 0.717) is 0 Å². The van der Waals surface area contributed by atoms with Crippen LogP contribution >= 0.6 is 11.8 Å². The predicted octanol–water partition coefficient (Wildman–Crippen LogP) is 3.49. The standard InChI is InChI=1S/C18H29N3S/c1-5-19-17(21-13-18(2,3)22-4)20-12-15-11-16(15)14-9-7-6-8-10-14/h6-10,15-16H,5,11-13H2,1-4H3,(H2,19,20,21). The number of benzene rings is 1. The van der Waals surface area contributed by atoms with E-state index in [1.165, 1.54) is 12.0 Å². The largest absolute Gasteiger partial charge is 0.357 e. The number of thioether (sulfide) groups is 1. The maximum Gasteiger partial charge on any atom is 0.191 e. The van der Waals surface area contributed by atoms with Crippen LogP contribution in [0.25, 0.3) is 0 Å². The predicted molar refractivity (Wildman–Crippen MR) is 98.9 cm³/mol. The molecule has 1 aliphatic carbocycles. The van der Waals surface area contributed by atoms with Gasteiger partial charge in [0.2, 0.25) is 0 Å². The van der Waals surface area contributed by atoms with Crippen LogP contribution in [0.1, 0.15) is 38.7 Å². The third-order valence-electron chi connectivity index (χ3n) is 4.20. The normalized spacial score (nSPS) is 21.5. The molecule has 0 radical (unpaired) electrons. The Balaban J connectivity index is 1.82. The van der Waals surface area contributed by atoms with Crippen LogP contribution < -0.4 is 10.6 Å². The molecular formula is C18H29N3S. The van der Waals surface area contributed by atoms with Crippen molar-refractivity contribution < 1.29 is 0 Å². The van der Waals surface area contributed by atoms with Crippen LogP contribution in [-0.2, 0) is 0 Å². The van der Waals surface area contributed by atoms with Gasteiger partial charge >= 0.3 is 0 Å². The van der Waals surface area contributed by atoms with E-state index in [1.807, 2.05) is 11.8 Å². The van der Waals surface area contributed by atoms with E-state index in [4.69, 9.17) is 4.99 Å². The Bertz CT molecular complexity index is 484. The molecule has 1 fully saturated rings. The topological polar surface area (TPSA) is 36.4 Å². The summed E-state index contributed by atoms with van der Waals surface area (Å²) >= 11 is 1.86. The van der Waals surface area contributed by atoms with E-state index in [0.717, 1.165) is 37.4 Å². The Morgan fingerprint density at radius 3 is 2.64 bits per heavy atom. The second-order valence-corrected chi connectivity index (χ2v) is 8.07. The molecule has 0 bridgehead atoms. The van der Waals surface area contributed by atoms with Crippen LogP contribution in [0.5, 0.6) is 0 Å². The summed E-state index contributed by atoms with van der Waals surface area (Å²) in [5.74, 6) is 2.40. The molecule has 1 aromatic carbocycles. The lowest BCUT2D eigenvalue weighted by Gasteiger charge is -2.20. The molecule has 0 saturated heterocycles. The SMILES string of the molecule is CCNC(=NCC(C)(C)SC)NCC1CC1c1ccccc1. The van der Waals surface area contributed by atoms with E-state index < -0.39 is 0 Å². The van der Waals surface area contributed by atoms with E-state index in [1.54, 1.807) is 0 Å². The summed E-state index contributed by atoms with van der Waals surface area (Å²) in [7, 11) is 0. The minimum atomic E-state index is 0.189. The number of hydrogen-bond acceptors (Lipinski definition) is 2. The van der Waals surface area contributed by atoms with Crippen LogP contribution in [-0.4, -0.2) is 36.6 Å². The summed E-state index contributed by atoms with van der Waals surface area (Å²) in [4.78, 5) is 4.73. The van der Waals surface area contributed by atoms with Crippen molar-refractivity contribution in [2.75, 3.05) is 25.9 Å². The number of guanidine groups is 1. The third-order valence-corrected chi connectivity index (χ3v) is 5.43. The van der Waals surface area contributed by atoms with Gasteiger partial charge in [0.05, 0.1) is 6.54 Å². The molecule has 4 heteroatoms. The third kappa shape index (κ3) is 5.24. The van der Waals surface area contributed by atoms with E-state index in [2.05, 4.69) is 68.0 Å². The van der Waals surface area contributed by atoms with Gasteiger partial charge in [-0.3, -0.25) is 4.99 Å². The number of rotatable bonds is 7. The Labute approximate surface area is 139 Å². The summed E-state index contributed by atoms with van der Waals surface area (Å²) in [5, 5.41) is 6.86. The number of aliphatic imine (C=N–C) groups is 1. The molecule has 0 aliphatic heterocycles. The van der Waals surface area contributed by atoms with Gasteiger partial charge in [0, 0.05) is 17.8 Å². The van der Waals surface area contributed by atoms with Crippen molar-refractivity contribution in [1.82, 2.24) is 10.6 Å². The highest BCUT2D eigenvalue weighted by Crippen LogP contribution is 2.46. The minimum Gasteiger partial charge on any atom is -0.357 e. The minimum absolute atomic E-state index is 0.189. The summed E-state index contributed by atoms with van der Waals surface area (Å²) < 4.78 is 0.189. The average molecular weight is 320 g/mol. The molecule has 22 heavy (non-hydrogen) atoms. The Morgan fingerprint density at radius 1 is 1.27 bits per heavy atom. The molecule has 3 nitrogen and oxygen atoms in total. The van der Waals surface area contributed by atoms with Gasteiger partial charge in [-0.05, 0) is 50.8 Å². The van der Waals surface area contributed by atoms with Crippen LogP contribution in [0.3, 0.4) is 0 Å². The van der Waals surface area contributed by atoms with Gasteiger partial charge in [-0.2, -0.15) is 11.8 Å². The summed E-state index contributed by atoms with van der Waals surface area (Å²) in [6, 6.07) is 10.8. The molecule has 2 N–H and O–H groups in total. The summed E-state index contributed by atoms with van der Waals surface area (Å²) in [5.41, 5.74) is 1.47. The van der Waals surface area contributed by atoms with Gasteiger partial charge in [0.15, 0.2) is 5.96 Å². The van der Waals surface area contributed by atoms with Crippen LogP contribution in [0.15, 0.2) is 35.3 Å². The molecule has 0 spiro atoms. The van der Waals surface area contributed by atoms with Crippen molar-refractivity contribution in [3.8, 4) is 0 Å². The second kappa shape index (κ2) is 7.91. The first-order valence-electron chi connectivity index (χ1n) is 8.18. The molecule has 0 amide bonds. The van der Waals surface area contributed by atoms with Crippen molar-refractivity contribution in [3.05, 3.63) is 35.9 Å². The van der Waals surface area contributed by atoms with Crippen LogP contribution in [0.2, 0.25) is 0 Å². The number of nitrogens with zero attached hydrogens (tertiary/aromatic N) is 1. The maximum atomic E-state index is 4.73. The van der Waals surface area contributed by atoms with E-state index >= 15 is 0 Å². The first-order chi connectivity index (χ1) is 10.6. The molecule has 1 aliphatic rings. The quantitative estimate of drug-likeness (QED) is 0.597. The molecule has 2 atom stereocenters. The Morgan fingerprint density at radius 2 is 2.00 bits per heavy atom. The fraction of sp³-hybridized carbons (Fsp3) is 0.611. The van der Waals surface area contributed by atoms with Gasteiger partial charge in [-0.25, -0.2) is 0 Å². The van der Waals surface area contributed by atoms with Gasteiger partial charge < -0.3 is 10.6 Å². The van der Waals surface area contributed by atoms with Gasteiger partial charge in [0.1, 0.15) is 0 Å². The zero-order valence-corrected chi connectivity index (χ0v) is 15.0. The smallest absolute Gasteiger partial charge is 0.191 e. The van der Waals surface area contributed by atoms with Gasteiger partial charge in [-0.1, -0.05) is 30.3 Å². The first kappa shape index (κ1) is 17.2. The lowest BCUT2D eigenvalue weighted by atomic mass is 10.1. The molecule has 2 unspecified atom stereocenters. The molecule has 2 rings (SSSR count). The van der Waals surface area contributed by atoms with Crippen LogP contribution in [0.4, 0.5) is 0 Å². The monoisotopic (exact) mass is 319 g/mol. The van der Waals surface area contributed by atoms with Gasteiger partial charge in [0.25, 0.3) is 0 Å². The lowest BCUT2D eigenvalue weighted by molar-refractivity contribution is 0.693. The highest BCUT2D eigenvalue weighted by Gasteiger charge is 2.37. The maximum absolute atomic E-state index is 4.73. The van der Waals surface area contributed by atoms with Crippen molar-refractivity contribution in [1.29, 1.82) is 0 Å². The zero-order valence-electron chi connectivity index (χ0n) is 14.2. The molecular weight excluding hydrogens is 290 g/mol. The van der Waals surface area contributed by atoms with Crippen molar-refractivity contribution >= 4 is 17.7 Å². The summed E-state index contributed by atoms with van der Waals surface area (Å²) in [6.07, 6.45) is 3.43. The van der Waals surface area contributed by atoms with Crippen LogP contribution in [0, 0.1) is 5.92 Å². The lowest BCUT2D eigenvalue weighted by Crippen LogP contribution is -2.39. The number of nitrogens with one attached hydrogen (secondary N) is 2.